The monoisotopic (exact) mass is 241 g/mol. The van der Waals surface area contributed by atoms with Crippen LogP contribution in [0.2, 0.25) is 0 Å². The number of hydrogen-bond donors (Lipinski definition) is 2. The van der Waals surface area contributed by atoms with Gasteiger partial charge < -0.3 is 20.6 Å². The third kappa shape index (κ3) is 2.28. The number of hydrogen-bond acceptors (Lipinski definition) is 4. The number of aliphatic carboxylic acids is 1. The van der Waals surface area contributed by atoms with Crippen molar-refractivity contribution in [1.29, 1.82) is 0 Å². The highest BCUT2D eigenvalue weighted by Gasteiger charge is 2.44. The minimum absolute atomic E-state index is 0.0103. The third-order valence-corrected chi connectivity index (χ3v) is 3.78. The Morgan fingerprint density at radius 3 is 2.59 bits per heavy atom. The van der Waals surface area contributed by atoms with Gasteiger partial charge in [-0.25, -0.2) is 0 Å². The number of carboxylic acid groups (broad SMARTS) is 1. The van der Waals surface area contributed by atoms with Crippen LogP contribution in [0.5, 0.6) is 0 Å². The van der Waals surface area contributed by atoms with Crippen LogP contribution in [0.25, 0.3) is 0 Å². The van der Waals surface area contributed by atoms with Crippen LogP contribution in [0.3, 0.4) is 0 Å². The Kier molecular flexibility index (Phi) is 3.09. The quantitative estimate of drug-likeness (QED) is 0.644. The summed E-state index contributed by atoms with van der Waals surface area (Å²) in [4.78, 5) is 26.9. The van der Waals surface area contributed by atoms with Gasteiger partial charge in [-0.3, -0.25) is 9.59 Å². The van der Waals surface area contributed by atoms with Gasteiger partial charge in [0.15, 0.2) is 0 Å². The van der Waals surface area contributed by atoms with Crippen molar-refractivity contribution in [2.75, 3.05) is 33.2 Å². The average molecular weight is 241 g/mol. The van der Waals surface area contributed by atoms with E-state index in [0.717, 1.165) is 19.5 Å². The van der Waals surface area contributed by atoms with Gasteiger partial charge in [-0.15, -0.1) is 0 Å². The van der Waals surface area contributed by atoms with Crippen molar-refractivity contribution in [2.24, 2.45) is 11.7 Å². The van der Waals surface area contributed by atoms with Gasteiger partial charge >= 0.3 is 5.97 Å². The fourth-order valence-electron chi connectivity index (χ4n) is 2.59. The molecule has 1 amide bonds. The van der Waals surface area contributed by atoms with E-state index in [1.54, 1.807) is 4.90 Å². The maximum Gasteiger partial charge on any atom is 0.325 e. The first-order valence-electron chi connectivity index (χ1n) is 5.92. The van der Waals surface area contributed by atoms with Crippen molar-refractivity contribution in [2.45, 2.75) is 18.4 Å². The van der Waals surface area contributed by atoms with Crippen molar-refractivity contribution < 1.29 is 14.7 Å². The van der Waals surface area contributed by atoms with Crippen molar-refractivity contribution in [3.63, 3.8) is 0 Å². The zero-order valence-corrected chi connectivity index (χ0v) is 10.1. The highest BCUT2D eigenvalue weighted by Crippen LogP contribution is 2.24. The number of carbonyl (C=O) groups excluding carboxylic acids is 1. The molecule has 2 aliphatic rings. The van der Waals surface area contributed by atoms with E-state index in [0.29, 0.717) is 13.0 Å². The van der Waals surface area contributed by atoms with Crippen LogP contribution >= 0.6 is 0 Å². The summed E-state index contributed by atoms with van der Waals surface area (Å²) in [6, 6.07) is 0. The van der Waals surface area contributed by atoms with E-state index in [2.05, 4.69) is 4.90 Å². The predicted molar refractivity (Wildman–Crippen MR) is 61.4 cm³/mol. The molecule has 0 aromatic rings. The van der Waals surface area contributed by atoms with E-state index in [1.807, 2.05) is 7.05 Å². The zero-order valence-electron chi connectivity index (χ0n) is 10.1. The maximum absolute atomic E-state index is 12.2. The topological polar surface area (TPSA) is 86.9 Å². The molecule has 6 heteroatoms. The number of carboxylic acids is 1. The van der Waals surface area contributed by atoms with E-state index in [4.69, 9.17) is 10.8 Å². The van der Waals surface area contributed by atoms with Crippen molar-refractivity contribution >= 4 is 11.9 Å². The van der Waals surface area contributed by atoms with Gasteiger partial charge in [0, 0.05) is 19.6 Å². The number of amides is 1. The molecular weight excluding hydrogens is 222 g/mol. The fourth-order valence-corrected chi connectivity index (χ4v) is 2.59. The van der Waals surface area contributed by atoms with Gasteiger partial charge in [-0.1, -0.05) is 0 Å². The van der Waals surface area contributed by atoms with Crippen molar-refractivity contribution in [3.05, 3.63) is 0 Å². The second-order valence-electron chi connectivity index (χ2n) is 5.22. The van der Waals surface area contributed by atoms with Crippen LogP contribution < -0.4 is 5.73 Å². The lowest BCUT2D eigenvalue weighted by atomic mass is 10.0. The molecule has 2 unspecified atom stereocenters. The van der Waals surface area contributed by atoms with Crippen LogP contribution in [-0.4, -0.2) is 65.5 Å². The Labute approximate surface area is 100 Å². The molecule has 0 aromatic carbocycles. The minimum atomic E-state index is -1.25. The summed E-state index contributed by atoms with van der Waals surface area (Å²) in [6.45, 7) is 2.29. The normalized spacial score (nSPS) is 34.2. The molecule has 2 heterocycles. The highest BCUT2D eigenvalue weighted by molar-refractivity contribution is 5.84. The van der Waals surface area contributed by atoms with Crippen LogP contribution in [-0.2, 0) is 9.59 Å². The predicted octanol–water partition coefficient (Wildman–Crippen LogP) is -1.05. The first kappa shape index (κ1) is 12.3. The number of nitrogens with two attached hydrogens (primary N) is 1. The van der Waals surface area contributed by atoms with E-state index in [-0.39, 0.29) is 18.4 Å². The fraction of sp³-hybridized carbons (Fsp3) is 0.818. The molecule has 2 aliphatic heterocycles. The lowest BCUT2D eigenvalue weighted by molar-refractivity contribution is -0.143. The van der Waals surface area contributed by atoms with Gasteiger partial charge in [-0.05, 0) is 26.4 Å². The molecule has 0 aliphatic carbocycles. The van der Waals surface area contributed by atoms with Gasteiger partial charge in [-0.2, -0.15) is 0 Å². The van der Waals surface area contributed by atoms with Crippen LogP contribution in [0.1, 0.15) is 12.8 Å². The summed E-state index contributed by atoms with van der Waals surface area (Å²) in [7, 11) is 1.99. The van der Waals surface area contributed by atoms with E-state index < -0.39 is 11.5 Å². The molecule has 17 heavy (non-hydrogen) atoms. The van der Waals surface area contributed by atoms with Crippen LogP contribution in [0.4, 0.5) is 0 Å². The Bertz CT molecular complexity index is 347. The van der Waals surface area contributed by atoms with E-state index in [1.165, 1.54) is 0 Å². The molecule has 2 rings (SSSR count). The van der Waals surface area contributed by atoms with Gasteiger partial charge in [0.2, 0.25) is 5.91 Å². The highest BCUT2D eigenvalue weighted by atomic mass is 16.4. The Morgan fingerprint density at radius 2 is 2.12 bits per heavy atom. The molecule has 2 fully saturated rings. The molecule has 2 saturated heterocycles. The molecule has 0 saturated carbocycles. The van der Waals surface area contributed by atoms with E-state index >= 15 is 0 Å². The van der Waals surface area contributed by atoms with Crippen molar-refractivity contribution in [3.8, 4) is 0 Å². The Balaban J connectivity index is 1.97. The van der Waals surface area contributed by atoms with Gasteiger partial charge in [0.05, 0.1) is 5.92 Å². The standard InChI is InChI=1S/C11H19N3O3/c1-13-4-2-8(6-13)9(15)14-5-3-11(12,7-14)10(16)17/h8H,2-7,12H2,1H3,(H,16,17). The van der Waals surface area contributed by atoms with E-state index in [9.17, 15) is 9.59 Å². The SMILES string of the molecule is CN1CCC(C(=O)N2CCC(N)(C(=O)O)C2)C1. The Hall–Kier alpha value is -1.14. The van der Waals surface area contributed by atoms with Gasteiger partial charge in [0.1, 0.15) is 5.54 Å². The second-order valence-corrected chi connectivity index (χ2v) is 5.22. The lowest BCUT2D eigenvalue weighted by Crippen LogP contribution is -2.51. The Morgan fingerprint density at radius 1 is 1.41 bits per heavy atom. The second kappa shape index (κ2) is 4.27. The number of carbonyl (C=O) groups is 2. The lowest BCUT2D eigenvalue weighted by Gasteiger charge is -2.22. The first-order chi connectivity index (χ1) is 7.92. The summed E-state index contributed by atoms with van der Waals surface area (Å²) in [6.07, 6.45) is 1.20. The smallest absolute Gasteiger partial charge is 0.325 e. The van der Waals surface area contributed by atoms with Crippen molar-refractivity contribution in [1.82, 2.24) is 9.80 Å². The van der Waals surface area contributed by atoms with Crippen LogP contribution in [0, 0.1) is 5.92 Å². The molecule has 6 nitrogen and oxygen atoms in total. The van der Waals surface area contributed by atoms with Crippen LogP contribution in [0.15, 0.2) is 0 Å². The summed E-state index contributed by atoms with van der Waals surface area (Å²) < 4.78 is 0. The molecular formula is C11H19N3O3. The molecule has 0 aromatic heterocycles. The summed E-state index contributed by atoms with van der Waals surface area (Å²) in [5, 5.41) is 9.01. The molecule has 0 spiro atoms. The largest absolute Gasteiger partial charge is 0.480 e. The minimum Gasteiger partial charge on any atom is -0.480 e. The summed E-state index contributed by atoms with van der Waals surface area (Å²) in [5.41, 5.74) is 4.50. The van der Waals surface area contributed by atoms with Gasteiger partial charge in [0.25, 0.3) is 0 Å². The average Bonchev–Trinajstić information content (AvgIpc) is 2.85. The number of rotatable bonds is 2. The zero-order chi connectivity index (χ0) is 12.6. The summed E-state index contributed by atoms with van der Waals surface area (Å²) >= 11 is 0. The maximum atomic E-state index is 12.2. The third-order valence-electron chi connectivity index (χ3n) is 3.78. The number of likely N-dealkylation sites (tertiary alicyclic amines) is 2. The molecule has 96 valence electrons. The number of nitrogens with zero attached hydrogens (tertiary/aromatic N) is 2. The summed E-state index contributed by atoms with van der Waals surface area (Å²) in [5.74, 6) is -0.949. The molecule has 3 N–H and O–H groups in total. The molecule has 0 radical (unpaired) electrons. The molecule has 2 atom stereocenters. The first-order valence-corrected chi connectivity index (χ1v) is 5.92. The molecule has 0 bridgehead atoms.